The van der Waals surface area contributed by atoms with Crippen LogP contribution in [0.1, 0.15) is 46.0 Å². The van der Waals surface area contributed by atoms with E-state index < -0.39 is 11.3 Å². The van der Waals surface area contributed by atoms with E-state index >= 15 is 8.78 Å². The van der Waals surface area contributed by atoms with E-state index in [-0.39, 0.29) is 0 Å². The highest BCUT2D eigenvalue weighted by molar-refractivity contribution is 5.03. The number of hydrogen-bond acceptors (Lipinski definition) is 4. The number of likely N-dealkylation sites (tertiary alicyclic amines) is 2. The lowest BCUT2D eigenvalue weighted by Crippen LogP contribution is -2.67. The molecule has 0 amide bonds. The second kappa shape index (κ2) is 8.33. The van der Waals surface area contributed by atoms with Gasteiger partial charge in [0, 0.05) is 72.0 Å². The number of hydrogen-bond donors (Lipinski definition) is 0. The van der Waals surface area contributed by atoms with Crippen LogP contribution in [0.5, 0.6) is 0 Å². The van der Waals surface area contributed by atoms with Gasteiger partial charge in [0.1, 0.15) is 11.3 Å². The Kier molecular flexibility index (Phi) is 6.29. The van der Waals surface area contributed by atoms with Crippen LogP contribution in [0.3, 0.4) is 0 Å². The Labute approximate surface area is 176 Å². The first kappa shape index (κ1) is 21.9. The quantitative estimate of drug-likeness (QED) is 0.608. The van der Waals surface area contributed by atoms with E-state index in [1.165, 1.54) is 19.3 Å². The number of alkyl halides is 2. The molecule has 168 valence electrons. The van der Waals surface area contributed by atoms with Crippen molar-refractivity contribution in [2.45, 2.75) is 57.3 Å². The molecular formula is C23H42F2N4. The van der Waals surface area contributed by atoms with Crippen molar-refractivity contribution in [2.24, 2.45) is 11.3 Å². The summed E-state index contributed by atoms with van der Waals surface area (Å²) in [7, 11) is 2.12. The second-order valence-corrected chi connectivity index (χ2v) is 11.4. The number of piperazine rings is 1. The smallest absolute Gasteiger partial charge is 0.148 e. The molecule has 29 heavy (non-hydrogen) atoms. The molecule has 0 N–H and O–H groups in total. The monoisotopic (exact) mass is 412 g/mol. The Hall–Kier alpha value is -0.300. The zero-order valence-electron chi connectivity index (χ0n) is 18.9. The molecule has 4 nitrogen and oxygen atoms in total. The van der Waals surface area contributed by atoms with Crippen LogP contribution in [0.15, 0.2) is 0 Å². The first-order chi connectivity index (χ1) is 13.7. The molecule has 0 unspecified atom stereocenters. The Morgan fingerprint density at radius 2 is 1.24 bits per heavy atom. The molecule has 6 heteroatoms. The molecule has 0 radical (unpaired) electrons. The van der Waals surface area contributed by atoms with Crippen LogP contribution in [0.4, 0.5) is 8.78 Å². The highest BCUT2D eigenvalue weighted by atomic mass is 19.1. The summed E-state index contributed by atoms with van der Waals surface area (Å²) >= 11 is 0. The summed E-state index contributed by atoms with van der Waals surface area (Å²) in [6.45, 7) is 13.2. The SMILES string of the molecule is CC(C)CC1(CN2CCC(F)(CN3CC(F)(CN4CCN(C)CC4)C3)CC2)CC1. The Morgan fingerprint density at radius 3 is 1.79 bits per heavy atom. The van der Waals surface area contributed by atoms with Gasteiger partial charge in [0.2, 0.25) is 0 Å². The first-order valence-corrected chi connectivity index (χ1v) is 11.9. The molecule has 4 aliphatic rings. The zero-order valence-corrected chi connectivity index (χ0v) is 18.9. The fraction of sp³-hybridized carbons (Fsp3) is 1.00. The molecule has 0 spiro atoms. The Balaban J connectivity index is 1.17. The molecule has 3 saturated heterocycles. The molecule has 1 aliphatic carbocycles. The van der Waals surface area contributed by atoms with Gasteiger partial charge in [-0.2, -0.15) is 0 Å². The highest BCUT2D eigenvalue weighted by Gasteiger charge is 2.49. The van der Waals surface area contributed by atoms with Crippen molar-refractivity contribution in [1.29, 1.82) is 0 Å². The molecule has 0 bridgehead atoms. The lowest BCUT2D eigenvalue weighted by atomic mass is 9.87. The number of rotatable bonds is 8. The lowest BCUT2D eigenvalue weighted by molar-refractivity contribution is -0.0880. The highest BCUT2D eigenvalue weighted by Crippen LogP contribution is 2.51. The molecule has 3 heterocycles. The van der Waals surface area contributed by atoms with Crippen molar-refractivity contribution < 1.29 is 8.78 Å². The zero-order chi connectivity index (χ0) is 20.7. The number of piperidine rings is 1. The molecule has 0 aromatic heterocycles. The maximum absolute atomic E-state index is 15.4. The number of nitrogens with zero attached hydrogens (tertiary/aromatic N) is 4. The van der Waals surface area contributed by atoms with Gasteiger partial charge in [-0.15, -0.1) is 0 Å². The Morgan fingerprint density at radius 1 is 0.690 bits per heavy atom. The maximum atomic E-state index is 15.4. The summed E-state index contributed by atoms with van der Waals surface area (Å²) in [5.41, 5.74) is -1.73. The van der Waals surface area contributed by atoms with Crippen molar-refractivity contribution >= 4 is 0 Å². The predicted octanol–water partition coefficient (Wildman–Crippen LogP) is 2.89. The summed E-state index contributed by atoms with van der Waals surface area (Å²) in [4.78, 5) is 9.05. The van der Waals surface area contributed by atoms with Crippen LogP contribution in [-0.4, -0.2) is 110 Å². The molecule has 1 saturated carbocycles. The molecule has 4 fully saturated rings. The van der Waals surface area contributed by atoms with Gasteiger partial charge < -0.3 is 9.80 Å². The molecule has 0 atom stereocenters. The van der Waals surface area contributed by atoms with Gasteiger partial charge in [-0.1, -0.05) is 13.8 Å². The average molecular weight is 413 g/mol. The van der Waals surface area contributed by atoms with Crippen LogP contribution in [-0.2, 0) is 0 Å². The van der Waals surface area contributed by atoms with Gasteiger partial charge in [-0.3, -0.25) is 9.80 Å². The first-order valence-electron chi connectivity index (χ1n) is 11.9. The van der Waals surface area contributed by atoms with Crippen LogP contribution >= 0.6 is 0 Å². The normalized spacial score (nSPS) is 30.4. The summed E-state index contributed by atoms with van der Waals surface area (Å²) < 4.78 is 30.5. The third-order valence-corrected chi connectivity index (χ3v) is 7.73. The molecule has 0 aromatic rings. The molecule has 3 aliphatic heterocycles. The van der Waals surface area contributed by atoms with Gasteiger partial charge in [0.25, 0.3) is 0 Å². The second-order valence-electron chi connectivity index (χ2n) is 11.4. The van der Waals surface area contributed by atoms with Gasteiger partial charge >= 0.3 is 0 Å². The van der Waals surface area contributed by atoms with Crippen LogP contribution in [0.25, 0.3) is 0 Å². The minimum Gasteiger partial charge on any atom is -0.304 e. The standard InChI is InChI=1S/C23H42F2N4/c1-20(2)14-21(4-5-21)15-27-8-6-22(24,7-9-27)16-29-18-23(25,19-29)17-28-12-10-26(3)11-13-28/h20H,4-19H2,1-3H3. The minimum atomic E-state index is -1.14. The fourth-order valence-electron chi connectivity index (χ4n) is 5.99. The van der Waals surface area contributed by atoms with Crippen molar-refractivity contribution in [3.63, 3.8) is 0 Å². The third kappa shape index (κ3) is 5.69. The molecular weight excluding hydrogens is 370 g/mol. The summed E-state index contributed by atoms with van der Waals surface area (Å²) in [5, 5.41) is 0. The van der Waals surface area contributed by atoms with E-state index in [4.69, 9.17) is 0 Å². The van der Waals surface area contributed by atoms with E-state index in [2.05, 4.69) is 35.6 Å². The lowest BCUT2D eigenvalue weighted by Gasteiger charge is -2.50. The van der Waals surface area contributed by atoms with Crippen LogP contribution in [0, 0.1) is 11.3 Å². The predicted molar refractivity (Wildman–Crippen MR) is 115 cm³/mol. The Bertz CT molecular complexity index is 543. The maximum Gasteiger partial charge on any atom is 0.148 e. The van der Waals surface area contributed by atoms with E-state index in [1.807, 2.05) is 4.90 Å². The minimum absolute atomic E-state index is 0.409. The van der Waals surface area contributed by atoms with Gasteiger partial charge in [-0.05, 0) is 50.5 Å². The van der Waals surface area contributed by atoms with Crippen molar-refractivity contribution in [2.75, 3.05) is 79.0 Å². The van der Waals surface area contributed by atoms with Gasteiger partial charge in [0.05, 0.1) is 0 Å². The topological polar surface area (TPSA) is 13.0 Å². The molecule has 0 aromatic carbocycles. The van der Waals surface area contributed by atoms with Gasteiger partial charge in [0.15, 0.2) is 0 Å². The largest absolute Gasteiger partial charge is 0.304 e. The number of halogens is 2. The summed E-state index contributed by atoms with van der Waals surface area (Å²) in [6.07, 6.45) is 5.23. The summed E-state index contributed by atoms with van der Waals surface area (Å²) in [6, 6.07) is 0. The van der Waals surface area contributed by atoms with Crippen LogP contribution < -0.4 is 0 Å². The van der Waals surface area contributed by atoms with Crippen molar-refractivity contribution in [3.05, 3.63) is 0 Å². The average Bonchev–Trinajstić information content (AvgIpc) is 3.36. The van der Waals surface area contributed by atoms with Crippen molar-refractivity contribution in [1.82, 2.24) is 19.6 Å². The number of likely N-dealkylation sites (N-methyl/N-ethyl adjacent to an activating group) is 1. The van der Waals surface area contributed by atoms with E-state index in [1.54, 1.807) is 0 Å². The fourth-order valence-corrected chi connectivity index (χ4v) is 5.99. The van der Waals surface area contributed by atoms with E-state index in [9.17, 15) is 0 Å². The summed E-state index contributed by atoms with van der Waals surface area (Å²) in [5.74, 6) is 0.751. The van der Waals surface area contributed by atoms with E-state index in [0.717, 1.165) is 51.7 Å². The van der Waals surface area contributed by atoms with Crippen LogP contribution in [0.2, 0.25) is 0 Å². The molecule has 4 rings (SSSR count). The van der Waals surface area contributed by atoms with Gasteiger partial charge in [-0.25, -0.2) is 8.78 Å². The third-order valence-electron chi connectivity index (χ3n) is 7.73. The van der Waals surface area contributed by atoms with Crippen molar-refractivity contribution in [3.8, 4) is 0 Å². The van der Waals surface area contributed by atoms with E-state index in [0.29, 0.717) is 44.4 Å².